The van der Waals surface area contributed by atoms with Crippen molar-refractivity contribution < 1.29 is 9.53 Å². The summed E-state index contributed by atoms with van der Waals surface area (Å²) < 4.78 is 6.09. The molecule has 6 heteroatoms. The molecule has 5 nitrogen and oxygen atoms in total. The highest BCUT2D eigenvalue weighted by atomic mass is 79.9. The number of carbonyl (C=O) groups excluding carboxylic acids is 1. The first-order chi connectivity index (χ1) is 11.0. The molecule has 0 saturated heterocycles. The van der Waals surface area contributed by atoms with E-state index in [0.29, 0.717) is 0 Å². The average molecular weight is 380 g/mol. The van der Waals surface area contributed by atoms with E-state index in [1.165, 1.54) is 0 Å². The van der Waals surface area contributed by atoms with Crippen molar-refractivity contribution in [1.29, 1.82) is 5.26 Å². The Kier molecular flexibility index (Phi) is 6.03. The Morgan fingerprint density at radius 2 is 2.17 bits per heavy atom. The third-order valence-corrected chi connectivity index (χ3v) is 4.91. The molecule has 0 heterocycles. The molecule has 2 N–H and O–H groups in total. The second-order valence-electron chi connectivity index (χ2n) is 5.95. The van der Waals surface area contributed by atoms with Gasteiger partial charge >= 0.3 is 0 Å². The maximum absolute atomic E-state index is 12.1. The van der Waals surface area contributed by atoms with E-state index >= 15 is 0 Å². The van der Waals surface area contributed by atoms with Crippen molar-refractivity contribution in [3.8, 4) is 11.8 Å². The summed E-state index contributed by atoms with van der Waals surface area (Å²) in [5, 5.41) is 15.4. The molecule has 1 aliphatic rings. The van der Waals surface area contributed by atoms with E-state index in [9.17, 15) is 10.1 Å². The van der Waals surface area contributed by atoms with Crippen LogP contribution >= 0.6 is 15.9 Å². The van der Waals surface area contributed by atoms with Gasteiger partial charge in [-0.25, -0.2) is 0 Å². The van der Waals surface area contributed by atoms with Crippen molar-refractivity contribution >= 4 is 21.8 Å². The van der Waals surface area contributed by atoms with Crippen LogP contribution in [-0.4, -0.2) is 25.1 Å². The minimum atomic E-state index is -0.662. The van der Waals surface area contributed by atoms with Crippen molar-refractivity contribution in [2.45, 2.75) is 44.2 Å². The smallest absolute Gasteiger partial charge is 0.235 e. The van der Waals surface area contributed by atoms with E-state index in [0.717, 1.165) is 41.5 Å². The summed E-state index contributed by atoms with van der Waals surface area (Å²) in [7, 11) is 1.62. The van der Waals surface area contributed by atoms with Gasteiger partial charge in [0.15, 0.2) is 0 Å². The number of nitriles is 1. The van der Waals surface area contributed by atoms with Crippen LogP contribution in [0.4, 0.5) is 0 Å². The van der Waals surface area contributed by atoms with Gasteiger partial charge in [-0.05, 0) is 66.2 Å². The first-order valence-corrected chi connectivity index (χ1v) is 8.58. The van der Waals surface area contributed by atoms with Crippen LogP contribution in [0.1, 0.15) is 44.2 Å². The number of ether oxygens (including phenoxy) is 1. The number of methoxy groups -OCH3 is 1. The van der Waals surface area contributed by atoms with Gasteiger partial charge in [0, 0.05) is 6.04 Å². The summed E-state index contributed by atoms with van der Waals surface area (Å²) in [6, 6.07) is 8.12. The first-order valence-electron chi connectivity index (χ1n) is 7.79. The van der Waals surface area contributed by atoms with E-state index in [-0.39, 0.29) is 18.5 Å². The molecule has 2 rings (SSSR count). The van der Waals surface area contributed by atoms with Gasteiger partial charge in [-0.15, -0.1) is 0 Å². The van der Waals surface area contributed by atoms with Crippen LogP contribution in [0.3, 0.4) is 0 Å². The first kappa shape index (κ1) is 17.8. The molecule has 1 aromatic rings. The number of benzene rings is 1. The Morgan fingerprint density at radius 1 is 1.48 bits per heavy atom. The molecule has 1 aromatic carbocycles. The van der Waals surface area contributed by atoms with E-state index in [1.807, 2.05) is 25.1 Å². The highest BCUT2D eigenvalue weighted by molar-refractivity contribution is 9.10. The van der Waals surface area contributed by atoms with Crippen LogP contribution in [0, 0.1) is 11.3 Å². The number of nitrogens with one attached hydrogen (secondary N) is 2. The van der Waals surface area contributed by atoms with E-state index < -0.39 is 5.54 Å². The standard InChI is InChI=1S/C17H22BrN3O2/c1-12(13-5-6-15(23-2)14(18)9-13)20-10-16(22)21-17(11-19)7-3-4-8-17/h5-6,9,12,20H,3-4,7-8,10H2,1-2H3,(H,21,22)/t12-/m0/s1. The quantitative estimate of drug-likeness (QED) is 0.796. The van der Waals surface area contributed by atoms with Gasteiger partial charge < -0.3 is 15.4 Å². The molecular formula is C17H22BrN3O2. The molecular weight excluding hydrogens is 358 g/mol. The molecule has 124 valence electrons. The zero-order valence-electron chi connectivity index (χ0n) is 13.5. The van der Waals surface area contributed by atoms with Gasteiger partial charge in [0.05, 0.1) is 24.2 Å². The highest BCUT2D eigenvalue weighted by Gasteiger charge is 2.35. The maximum Gasteiger partial charge on any atom is 0.235 e. The average Bonchev–Trinajstić information content (AvgIpc) is 3.01. The topological polar surface area (TPSA) is 74.2 Å². The van der Waals surface area contributed by atoms with Gasteiger partial charge in [0.2, 0.25) is 5.91 Å². The normalized spacial score (nSPS) is 17.3. The summed E-state index contributed by atoms with van der Waals surface area (Å²) in [4.78, 5) is 12.1. The molecule has 23 heavy (non-hydrogen) atoms. The van der Waals surface area contributed by atoms with Crippen LogP contribution in [-0.2, 0) is 4.79 Å². The van der Waals surface area contributed by atoms with Crippen LogP contribution in [0.5, 0.6) is 5.75 Å². The van der Waals surface area contributed by atoms with Gasteiger partial charge in [-0.2, -0.15) is 5.26 Å². The van der Waals surface area contributed by atoms with Crippen LogP contribution < -0.4 is 15.4 Å². The molecule has 0 unspecified atom stereocenters. The van der Waals surface area contributed by atoms with Crippen LogP contribution in [0.15, 0.2) is 22.7 Å². The van der Waals surface area contributed by atoms with E-state index in [1.54, 1.807) is 7.11 Å². The largest absolute Gasteiger partial charge is 0.496 e. The molecule has 0 aliphatic heterocycles. The lowest BCUT2D eigenvalue weighted by molar-refractivity contribution is -0.121. The molecule has 1 atom stereocenters. The number of hydrogen-bond acceptors (Lipinski definition) is 4. The highest BCUT2D eigenvalue weighted by Crippen LogP contribution is 2.29. The second-order valence-corrected chi connectivity index (χ2v) is 6.80. The van der Waals surface area contributed by atoms with Crippen LogP contribution in [0.25, 0.3) is 0 Å². The molecule has 1 saturated carbocycles. The molecule has 0 bridgehead atoms. The lowest BCUT2D eigenvalue weighted by Gasteiger charge is -2.23. The molecule has 1 fully saturated rings. The lowest BCUT2D eigenvalue weighted by atomic mass is 10.00. The fraction of sp³-hybridized carbons (Fsp3) is 0.529. The molecule has 1 amide bonds. The number of halogens is 1. The Bertz CT molecular complexity index is 606. The number of carbonyl (C=O) groups is 1. The zero-order chi connectivity index (χ0) is 16.9. The maximum atomic E-state index is 12.1. The SMILES string of the molecule is COc1ccc([C@H](C)NCC(=O)NC2(C#N)CCCC2)cc1Br. The zero-order valence-corrected chi connectivity index (χ0v) is 15.1. The molecule has 0 spiro atoms. The number of rotatable bonds is 6. The number of nitrogens with zero attached hydrogens (tertiary/aromatic N) is 1. The Hall–Kier alpha value is -1.58. The van der Waals surface area contributed by atoms with Gasteiger partial charge in [-0.1, -0.05) is 6.07 Å². The van der Waals surface area contributed by atoms with E-state index in [2.05, 4.69) is 32.6 Å². The predicted octanol–water partition coefficient (Wildman–Crippen LogP) is 3.06. The molecule has 0 radical (unpaired) electrons. The number of hydrogen-bond donors (Lipinski definition) is 2. The van der Waals surface area contributed by atoms with Crippen molar-refractivity contribution in [1.82, 2.24) is 10.6 Å². The van der Waals surface area contributed by atoms with Crippen molar-refractivity contribution in [3.05, 3.63) is 28.2 Å². The minimum Gasteiger partial charge on any atom is -0.496 e. The fourth-order valence-corrected chi connectivity index (χ4v) is 3.43. The van der Waals surface area contributed by atoms with Crippen molar-refractivity contribution in [3.63, 3.8) is 0 Å². The molecule has 0 aromatic heterocycles. The third-order valence-electron chi connectivity index (χ3n) is 4.29. The third kappa shape index (κ3) is 4.46. The Labute approximate surface area is 145 Å². The monoisotopic (exact) mass is 379 g/mol. The summed E-state index contributed by atoms with van der Waals surface area (Å²) in [6.45, 7) is 2.19. The second kappa shape index (κ2) is 7.80. The fourth-order valence-electron chi connectivity index (χ4n) is 2.87. The summed E-state index contributed by atoms with van der Waals surface area (Å²) in [5.74, 6) is 0.642. The van der Waals surface area contributed by atoms with Gasteiger partial charge in [-0.3, -0.25) is 4.79 Å². The molecule has 1 aliphatic carbocycles. The van der Waals surface area contributed by atoms with Gasteiger partial charge in [0.1, 0.15) is 11.3 Å². The van der Waals surface area contributed by atoms with Gasteiger partial charge in [0.25, 0.3) is 0 Å². The van der Waals surface area contributed by atoms with Crippen molar-refractivity contribution in [2.24, 2.45) is 0 Å². The lowest BCUT2D eigenvalue weighted by Crippen LogP contribution is -2.48. The van der Waals surface area contributed by atoms with Crippen molar-refractivity contribution in [2.75, 3.05) is 13.7 Å². The minimum absolute atomic E-state index is 0.0181. The Balaban J connectivity index is 1.88. The summed E-state index contributed by atoms with van der Waals surface area (Å²) in [6.07, 6.45) is 3.49. The summed E-state index contributed by atoms with van der Waals surface area (Å²) >= 11 is 3.46. The predicted molar refractivity (Wildman–Crippen MR) is 92.1 cm³/mol. The Morgan fingerprint density at radius 3 is 2.74 bits per heavy atom. The summed E-state index contributed by atoms with van der Waals surface area (Å²) in [5.41, 5.74) is 0.395. The van der Waals surface area contributed by atoms with E-state index in [4.69, 9.17) is 4.74 Å². The van der Waals surface area contributed by atoms with Crippen LogP contribution in [0.2, 0.25) is 0 Å². The number of amides is 1.